The fraction of sp³-hybridized carbons (Fsp3) is 0.500. The van der Waals surface area contributed by atoms with Gasteiger partial charge in [-0.2, -0.15) is 0 Å². The van der Waals surface area contributed by atoms with Gasteiger partial charge in [0.05, 0.1) is 18.9 Å². The van der Waals surface area contributed by atoms with E-state index in [4.69, 9.17) is 39.5 Å². The van der Waals surface area contributed by atoms with Crippen LogP contribution in [0.25, 0.3) is 0 Å². The van der Waals surface area contributed by atoms with Crippen molar-refractivity contribution >= 4 is 40.5 Å². The van der Waals surface area contributed by atoms with E-state index in [1.165, 1.54) is 0 Å². The molecule has 1 fully saturated rings. The zero-order chi connectivity index (χ0) is 10.8. The van der Waals surface area contributed by atoms with Gasteiger partial charge in [-0.3, -0.25) is 0 Å². The molecule has 0 radical (unpaired) electrons. The van der Waals surface area contributed by atoms with Crippen LogP contribution in [0, 0.1) is 0 Å². The molecule has 0 amide bonds. The molecule has 1 aromatic rings. The van der Waals surface area contributed by atoms with Crippen molar-refractivity contribution in [2.24, 2.45) is 0 Å². The first kappa shape index (κ1) is 11.2. The van der Waals surface area contributed by atoms with Crippen LogP contribution in [0.15, 0.2) is 0 Å². The van der Waals surface area contributed by atoms with Gasteiger partial charge in [-0.1, -0.05) is 34.8 Å². The SMILES string of the molecule is Clc1nnc(Cl)c(N2CCOCC2)c1Cl. The minimum absolute atomic E-state index is 0.169. The van der Waals surface area contributed by atoms with E-state index < -0.39 is 0 Å². The Kier molecular flexibility index (Phi) is 3.51. The van der Waals surface area contributed by atoms with Crippen LogP contribution < -0.4 is 4.90 Å². The van der Waals surface area contributed by atoms with E-state index in [1.807, 2.05) is 4.90 Å². The van der Waals surface area contributed by atoms with Crippen LogP contribution in [0.2, 0.25) is 15.3 Å². The Bertz CT molecular complexity index is 368. The molecule has 2 rings (SSSR count). The second-order valence-corrected chi connectivity index (χ2v) is 4.14. The summed E-state index contributed by atoms with van der Waals surface area (Å²) in [5, 5.41) is 8.14. The lowest BCUT2D eigenvalue weighted by atomic mass is 10.3. The summed E-state index contributed by atoms with van der Waals surface area (Å²) in [5.41, 5.74) is 0.640. The van der Waals surface area contributed by atoms with Gasteiger partial charge in [-0.25, -0.2) is 0 Å². The molecule has 0 unspecified atom stereocenters. The molecule has 1 aromatic heterocycles. The van der Waals surface area contributed by atoms with Crippen LogP contribution in [0.5, 0.6) is 0 Å². The van der Waals surface area contributed by atoms with Crippen LogP contribution in [0.4, 0.5) is 5.69 Å². The fourth-order valence-electron chi connectivity index (χ4n) is 1.42. The number of hydrogen-bond donors (Lipinski definition) is 0. The van der Waals surface area contributed by atoms with E-state index in [9.17, 15) is 0 Å². The van der Waals surface area contributed by atoms with Crippen molar-refractivity contribution in [2.45, 2.75) is 0 Å². The highest BCUT2D eigenvalue weighted by molar-refractivity contribution is 6.44. The molecule has 15 heavy (non-hydrogen) atoms. The Morgan fingerprint density at radius 2 is 1.60 bits per heavy atom. The average molecular weight is 269 g/mol. The minimum Gasteiger partial charge on any atom is -0.378 e. The molecule has 0 aromatic carbocycles. The molecular weight excluding hydrogens is 260 g/mol. The van der Waals surface area contributed by atoms with E-state index in [1.54, 1.807) is 0 Å². The number of halogens is 3. The van der Waals surface area contributed by atoms with Crippen LogP contribution in [-0.4, -0.2) is 36.5 Å². The third-order valence-corrected chi connectivity index (χ3v) is 3.11. The Hall–Kier alpha value is -0.290. The van der Waals surface area contributed by atoms with Gasteiger partial charge >= 0.3 is 0 Å². The molecular formula is C8H8Cl3N3O. The zero-order valence-corrected chi connectivity index (χ0v) is 9.98. The summed E-state index contributed by atoms with van der Waals surface area (Å²) in [7, 11) is 0. The first-order valence-electron chi connectivity index (χ1n) is 4.40. The quantitative estimate of drug-likeness (QED) is 0.783. The lowest BCUT2D eigenvalue weighted by molar-refractivity contribution is 0.122. The molecule has 1 aliphatic heterocycles. The Morgan fingerprint density at radius 1 is 1.00 bits per heavy atom. The van der Waals surface area contributed by atoms with Crippen molar-refractivity contribution < 1.29 is 4.74 Å². The summed E-state index contributed by atoms with van der Waals surface area (Å²) in [6, 6.07) is 0. The van der Waals surface area contributed by atoms with Crippen LogP contribution in [0.1, 0.15) is 0 Å². The second-order valence-electron chi connectivity index (χ2n) is 3.04. The van der Waals surface area contributed by atoms with Crippen LogP contribution in [-0.2, 0) is 4.74 Å². The lowest BCUT2D eigenvalue weighted by Gasteiger charge is -2.29. The number of hydrogen-bond acceptors (Lipinski definition) is 4. The molecule has 2 heterocycles. The zero-order valence-electron chi connectivity index (χ0n) is 7.71. The predicted octanol–water partition coefficient (Wildman–Crippen LogP) is 2.27. The predicted molar refractivity (Wildman–Crippen MR) is 60.1 cm³/mol. The van der Waals surface area contributed by atoms with Crippen molar-refractivity contribution in [1.29, 1.82) is 0 Å². The number of morpholine rings is 1. The summed E-state index contributed by atoms with van der Waals surface area (Å²) >= 11 is 17.7. The van der Waals surface area contributed by atoms with Gasteiger partial charge in [0.1, 0.15) is 5.02 Å². The van der Waals surface area contributed by atoms with Gasteiger partial charge in [-0.05, 0) is 0 Å². The van der Waals surface area contributed by atoms with Crippen molar-refractivity contribution in [3.8, 4) is 0 Å². The highest BCUT2D eigenvalue weighted by Crippen LogP contribution is 2.35. The van der Waals surface area contributed by atoms with Crippen LogP contribution >= 0.6 is 34.8 Å². The molecule has 1 saturated heterocycles. The number of anilines is 1. The average Bonchev–Trinajstić information content (AvgIpc) is 2.26. The molecule has 0 N–H and O–H groups in total. The van der Waals surface area contributed by atoms with Gasteiger partial charge in [0.15, 0.2) is 10.3 Å². The molecule has 4 nitrogen and oxygen atoms in total. The lowest BCUT2D eigenvalue weighted by Crippen LogP contribution is -2.36. The highest BCUT2D eigenvalue weighted by atomic mass is 35.5. The molecule has 7 heteroatoms. The molecule has 1 aliphatic rings. The van der Waals surface area contributed by atoms with Crippen molar-refractivity contribution in [3.63, 3.8) is 0 Å². The van der Waals surface area contributed by atoms with Gasteiger partial charge in [0.25, 0.3) is 0 Å². The second kappa shape index (κ2) is 4.70. The summed E-state index contributed by atoms with van der Waals surface area (Å²) in [6.07, 6.45) is 0. The van der Waals surface area contributed by atoms with E-state index in [2.05, 4.69) is 10.2 Å². The molecule has 0 aliphatic carbocycles. The minimum atomic E-state index is 0.169. The third kappa shape index (κ3) is 2.28. The van der Waals surface area contributed by atoms with E-state index in [0.717, 1.165) is 13.1 Å². The van der Waals surface area contributed by atoms with Crippen LogP contribution in [0.3, 0.4) is 0 Å². The summed E-state index contributed by atoms with van der Waals surface area (Å²) in [5.74, 6) is 0. The first-order chi connectivity index (χ1) is 7.20. The number of aromatic nitrogens is 2. The maximum absolute atomic E-state index is 6.03. The van der Waals surface area contributed by atoms with E-state index >= 15 is 0 Å². The Morgan fingerprint density at radius 3 is 2.27 bits per heavy atom. The molecule has 0 bridgehead atoms. The summed E-state index contributed by atoms with van der Waals surface area (Å²) in [4.78, 5) is 1.99. The number of nitrogens with zero attached hydrogens (tertiary/aromatic N) is 3. The largest absolute Gasteiger partial charge is 0.378 e. The fourth-order valence-corrected chi connectivity index (χ4v) is 2.10. The highest BCUT2D eigenvalue weighted by Gasteiger charge is 2.20. The van der Waals surface area contributed by atoms with Gasteiger partial charge in [-0.15, -0.1) is 10.2 Å². The molecule has 0 atom stereocenters. The van der Waals surface area contributed by atoms with Crippen molar-refractivity contribution in [1.82, 2.24) is 10.2 Å². The molecule has 0 saturated carbocycles. The van der Waals surface area contributed by atoms with Gasteiger partial charge in [0.2, 0.25) is 0 Å². The van der Waals surface area contributed by atoms with E-state index in [0.29, 0.717) is 23.9 Å². The summed E-state index contributed by atoms with van der Waals surface area (Å²) in [6.45, 7) is 2.74. The Labute approximate surface area is 102 Å². The third-order valence-electron chi connectivity index (χ3n) is 2.14. The smallest absolute Gasteiger partial charge is 0.176 e. The number of rotatable bonds is 1. The number of ether oxygens (including phenoxy) is 1. The van der Waals surface area contributed by atoms with Gasteiger partial charge < -0.3 is 9.64 Å². The normalized spacial score (nSPS) is 16.9. The summed E-state index contributed by atoms with van der Waals surface area (Å²) < 4.78 is 5.23. The molecule has 0 spiro atoms. The Balaban J connectivity index is 2.36. The maximum atomic E-state index is 6.03. The standard InChI is InChI=1S/C8H8Cl3N3O/c9-5-6(8(11)13-12-7(5)10)14-1-3-15-4-2-14/h1-4H2. The molecule has 82 valence electrons. The van der Waals surface area contributed by atoms with Crippen molar-refractivity contribution in [2.75, 3.05) is 31.2 Å². The topological polar surface area (TPSA) is 38.2 Å². The van der Waals surface area contributed by atoms with Crippen molar-refractivity contribution in [3.05, 3.63) is 15.3 Å². The van der Waals surface area contributed by atoms with Gasteiger partial charge in [0, 0.05) is 13.1 Å². The maximum Gasteiger partial charge on any atom is 0.176 e. The van der Waals surface area contributed by atoms with E-state index in [-0.39, 0.29) is 10.3 Å². The monoisotopic (exact) mass is 267 g/mol. The first-order valence-corrected chi connectivity index (χ1v) is 5.53.